The second-order valence-corrected chi connectivity index (χ2v) is 10.0. The monoisotopic (exact) mass is 433 g/mol. The first-order valence-corrected chi connectivity index (χ1v) is 11.3. The molecule has 172 valence electrons. The molecule has 1 amide bonds. The number of amides is 1. The fraction of sp³-hybridized carbons (Fsp3) is 0.750. The molecular weight excluding hydrogens is 398 g/mol. The van der Waals surface area contributed by atoms with Crippen LogP contribution in [0.4, 0.5) is 0 Å². The number of cyclic esters (lactones) is 1. The zero-order chi connectivity index (χ0) is 22.2. The highest BCUT2D eigenvalue weighted by atomic mass is 16.7. The molecule has 4 fully saturated rings. The van der Waals surface area contributed by atoms with E-state index in [1.54, 1.807) is 0 Å². The molecule has 0 spiro atoms. The lowest BCUT2D eigenvalue weighted by molar-refractivity contribution is -0.259. The maximum Gasteiger partial charge on any atom is 0.336 e. The number of esters is 1. The van der Waals surface area contributed by atoms with Crippen LogP contribution in [0.25, 0.3) is 0 Å². The minimum Gasteiger partial charge on any atom is -0.460 e. The molecule has 2 aliphatic heterocycles. The Morgan fingerprint density at radius 1 is 1.32 bits per heavy atom. The Bertz CT molecular complexity index is 778. The Kier molecular flexibility index (Phi) is 6.30. The van der Waals surface area contributed by atoms with E-state index in [1.165, 1.54) is 12.7 Å². The van der Waals surface area contributed by atoms with Crippen LogP contribution in [0, 0.1) is 22.7 Å². The van der Waals surface area contributed by atoms with E-state index in [1.807, 2.05) is 6.08 Å². The lowest BCUT2D eigenvalue weighted by Crippen LogP contribution is -2.60. The van der Waals surface area contributed by atoms with Crippen LogP contribution in [0.1, 0.15) is 46.0 Å². The van der Waals surface area contributed by atoms with Crippen LogP contribution in [-0.2, 0) is 28.5 Å². The summed E-state index contributed by atoms with van der Waals surface area (Å²) in [5.41, 5.74) is 1.85. The van der Waals surface area contributed by atoms with Crippen LogP contribution in [0.15, 0.2) is 23.8 Å². The van der Waals surface area contributed by atoms with Crippen LogP contribution in [-0.4, -0.2) is 57.7 Å². The molecule has 2 saturated carbocycles. The Morgan fingerprint density at radius 3 is 2.90 bits per heavy atom. The Labute approximate surface area is 184 Å². The summed E-state index contributed by atoms with van der Waals surface area (Å²) in [6, 6.07) is -0.427. The summed E-state index contributed by atoms with van der Waals surface area (Å²) in [4.78, 5) is 24.3. The predicted octanol–water partition coefficient (Wildman–Crippen LogP) is 2.75. The zero-order valence-electron chi connectivity index (χ0n) is 18.9. The number of rotatable bonds is 5. The number of nitrogens with one attached hydrogen (secondary N) is 1. The lowest BCUT2D eigenvalue weighted by Gasteiger charge is -2.61. The fourth-order valence-electron chi connectivity index (χ4n) is 6.70. The van der Waals surface area contributed by atoms with Gasteiger partial charge in [0.2, 0.25) is 5.91 Å². The van der Waals surface area contributed by atoms with Crippen LogP contribution < -0.4 is 5.32 Å². The molecule has 0 aromatic rings. The summed E-state index contributed by atoms with van der Waals surface area (Å²) in [6.45, 7) is 10.4. The molecule has 2 aliphatic carbocycles. The molecule has 0 aromatic heterocycles. The third kappa shape index (κ3) is 3.96. The summed E-state index contributed by atoms with van der Waals surface area (Å²) < 4.78 is 21.9. The molecule has 0 unspecified atom stereocenters. The van der Waals surface area contributed by atoms with E-state index in [0.29, 0.717) is 18.3 Å². The van der Waals surface area contributed by atoms with Gasteiger partial charge in [0.15, 0.2) is 0 Å². The first-order chi connectivity index (χ1) is 14.8. The Hall–Kier alpha value is -1.70. The van der Waals surface area contributed by atoms with Gasteiger partial charge in [-0.3, -0.25) is 4.79 Å². The van der Waals surface area contributed by atoms with Gasteiger partial charge in [-0.2, -0.15) is 0 Å². The van der Waals surface area contributed by atoms with E-state index < -0.39 is 6.04 Å². The van der Waals surface area contributed by atoms with Crippen molar-refractivity contribution < 1.29 is 28.5 Å². The average molecular weight is 434 g/mol. The maximum atomic E-state index is 12.4. The van der Waals surface area contributed by atoms with Crippen molar-refractivity contribution in [2.24, 2.45) is 22.7 Å². The van der Waals surface area contributed by atoms with E-state index in [-0.39, 0.29) is 47.9 Å². The highest BCUT2D eigenvalue weighted by Gasteiger charge is 2.59. The Balaban J connectivity index is 1.55. The van der Waals surface area contributed by atoms with E-state index in [0.717, 1.165) is 38.7 Å². The normalized spacial score (nSPS) is 41.5. The lowest BCUT2D eigenvalue weighted by atomic mass is 9.46. The van der Waals surface area contributed by atoms with Crippen molar-refractivity contribution >= 4 is 11.9 Å². The van der Waals surface area contributed by atoms with Gasteiger partial charge < -0.3 is 24.3 Å². The number of carbonyl (C=O) groups excluding carboxylic acids is 2. The topological polar surface area (TPSA) is 83.1 Å². The molecule has 0 radical (unpaired) electrons. The standard InChI is InChI=1S/C24H35NO6/c1-15-5-8-19-23(2,10-9-20-24(19,3)13-29-14-31-20)17(15)7-6-16-18(11-30-22(16)27)25-21(26)12-28-4/h6,17-20H,1,5,7-14H2,2-4H3,(H,25,26)/b16-6+/t17-,18-,19+,20-,23+,24+/m1/s1. The van der Waals surface area contributed by atoms with Gasteiger partial charge in [0, 0.05) is 12.5 Å². The molecule has 4 rings (SSSR count). The SMILES string of the molecule is C=C1CC[C@@H]2[C@]3(C)COCO[C@@H]3CC[C@@]2(C)[C@@H]1C/C=C1/C(=O)OC[C@H]1NC(=O)COC. The number of carbonyl (C=O) groups is 2. The third-order valence-electron chi connectivity index (χ3n) is 8.26. The van der Waals surface area contributed by atoms with Crippen molar-refractivity contribution in [1.29, 1.82) is 0 Å². The molecule has 7 nitrogen and oxygen atoms in total. The van der Waals surface area contributed by atoms with Crippen molar-refractivity contribution in [2.75, 3.05) is 33.7 Å². The van der Waals surface area contributed by atoms with Crippen molar-refractivity contribution in [3.8, 4) is 0 Å². The highest BCUT2D eigenvalue weighted by Crippen LogP contribution is 2.62. The zero-order valence-corrected chi connectivity index (χ0v) is 18.9. The van der Waals surface area contributed by atoms with Gasteiger partial charge >= 0.3 is 5.97 Å². The van der Waals surface area contributed by atoms with Crippen molar-refractivity contribution in [1.82, 2.24) is 5.32 Å². The molecule has 4 aliphatic rings. The smallest absolute Gasteiger partial charge is 0.336 e. The van der Waals surface area contributed by atoms with Gasteiger partial charge in [0.25, 0.3) is 0 Å². The van der Waals surface area contributed by atoms with Gasteiger partial charge in [-0.25, -0.2) is 4.79 Å². The highest BCUT2D eigenvalue weighted by molar-refractivity contribution is 5.93. The second kappa shape index (κ2) is 8.68. The average Bonchev–Trinajstić information content (AvgIpc) is 3.06. The second-order valence-electron chi connectivity index (χ2n) is 10.0. The largest absolute Gasteiger partial charge is 0.460 e. The minimum atomic E-state index is -0.427. The number of hydrogen-bond acceptors (Lipinski definition) is 6. The first kappa shape index (κ1) is 22.5. The van der Waals surface area contributed by atoms with Crippen LogP contribution in [0.5, 0.6) is 0 Å². The first-order valence-electron chi connectivity index (χ1n) is 11.3. The van der Waals surface area contributed by atoms with Gasteiger partial charge in [0.05, 0.1) is 24.3 Å². The number of methoxy groups -OCH3 is 1. The van der Waals surface area contributed by atoms with Crippen LogP contribution >= 0.6 is 0 Å². The van der Waals surface area contributed by atoms with Crippen LogP contribution in [0.3, 0.4) is 0 Å². The Morgan fingerprint density at radius 2 is 2.13 bits per heavy atom. The summed E-state index contributed by atoms with van der Waals surface area (Å²) in [7, 11) is 1.47. The van der Waals surface area contributed by atoms with E-state index in [9.17, 15) is 9.59 Å². The van der Waals surface area contributed by atoms with Crippen molar-refractivity contribution in [2.45, 2.75) is 58.1 Å². The molecule has 6 atom stereocenters. The van der Waals surface area contributed by atoms with Crippen LogP contribution in [0.2, 0.25) is 0 Å². The number of allylic oxidation sites excluding steroid dienone is 2. The molecule has 0 aromatic carbocycles. The van der Waals surface area contributed by atoms with E-state index in [4.69, 9.17) is 18.9 Å². The minimum absolute atomic E-state index is 0.000292. The van der Waals surface area contributed by atoms with Crippen molar-refractivity contribution in [3.05, 3.63) is 23.8 Å². The molecule has 1 N–H and O–H groups in total. The molecule has 0 bridgehead atoms. The van der Waals surface area contributed by atoms with Gasteiger partial charge in [0.1, 0.15) is 20.0 Å². The molecule has 31 heavy (non-hydrogen) atoms. The number of fused-ring (bicyclic) bond motifs is 3. The number of hydrogen-bond donors (Lipinski definition) is 1. The molecular formula is C24H35NO6. The summed E-state index contributed by atoms with van der Waals surface area (Å²) in [5, 5.41) is 2.83. The number of ether oxygens (including phenoxy) is 4. The van der Waals surface area contributed by atoms with E-state index >= 15 is 0 Å². The summed E-state index contributed by atoms with van der Waals surface area (Å²) in [6.07, 6.45) is 7.10. The van der Waals surface area contributed by atoms with Crippen molar-refractivity contribution in [3.63, 3.8) is 0 Å². The van der Waals surface area contributed by atoms with E-state index in [2.05, 4.69) is 25.7 Å². The summed E-state index contributed by atoms with van der Waals surface area (Å²) in [5.74, 6) is 0.132. The van der Waals surface area contributed by atoms with Gasteiger partial charge in [-0.1, -0.05) is 32.1 Å². The predicted molar refractivity (Wildman–Crippen MR) is 114 cm³/mol. The fourth-order valence-corrected chi connectivity index (χ4v) is 6.70. The van der Waals surface area contributed by atoms with Gasteiger partial charge in [-0.15, -0.1) is 0 Å². The van der Waals surface area contributed by atoms with Gasteiger partial charge in [-0.05, 0) is 49.4 Å². The molecule has 2 heterocycles. The molecule has 7 heteroatoms. The quantitative estimate of drug-likeness (QED) is 0.408. The third-order valence-corrected chi connectivity index (χ3v) is 8.26. The summed E-state index contributed by atoms with van der Waals surface area (Å²) >= 11 is 0. The molecule has 2 saturated heterocycles. The maximum absolute atomic E-state index is 12.4.